The van der Waals surface area contributed by atoms with Crippen LogP contribution < -0.4 is 9.64 Å². The van der Waals surface area contributed by atoms with Crippen LogP contribution in [0.25, 0.3) is 0 Å². The number of benzene rings is 1. The van der Waals surface area contributed by atoms with Gasteiger partial charge >= 0.3 is 0 Å². The van der Waals surface area contributed by atoms with Crippen LogP contribution in [0.4, 0.5) is 5.69 Å². The van der Waals surface area contributed by atoms with E-state index in [-0.39, 0.29) is 5.54 Å². The quantitative estimate of drug-likeness (QED) is 0.836. The molecular weight excluding hydrogens is 260 g/mol. The van der Waals surface area contributed by atoms with Crippen molar-refractivity contribution in [1.82, 2.24) is 4.90 Å². The van der Waals surface area contributed by atoms with Gasteiger partial charge < -0.3 is 9.64 Å². The predicted octanol–water partition coefficient (Wildman–Crippen LogP) is 4.03. The van der Waals surface area contributed by atoms with Crippen LogP contribution in [0.3, 0.4) is 0 Å². The maximum Gasteiger partial charge on any atom is 0.119 e. The van der Waals surface area contributed by atoms with Crippen molar-refractivity contribution in [3.63, 3.8) is 0 Å². The summed E-state index contributed by atoms with van der Waals surface area (Å²) >= 11 is 0. The van der Waals surface area contributed by atoms with Gasteiger partial charge in [-0.1, -0.05) is 13.8 Å². The maximum absolute atomic E-state index is 5.23. The zero-order valence-corrected chi connectivity index (χ0v) is 14.8. The summed E-state index contributed by atoms with van der Waals surface area (Å²) in [5.74, 6) is 0.919. The molecule has 1 aliphatic rings. The van der Waals surface area contributed by atoms with E-state index >= 15 is 0 Å². The molecule has 120 valence electrons. The molecule has 21 heavy (non-hydrogen) atoms. The lowest BCUT2D eigenvalue weighted by molar-refractivity contribution is 0.148. The summed E-state index contributed by atoms with van der Waals surface area (Å²) < 4.78 is 5.23. The molecule has 0 spiro atoms. The minimum Gasteiger partial charge on any atom is -0.497 e. The monoisotopic (exact) mass is 292 g/mol. The zero-order chi connectivity index (χ0) is 16.0. The van der Waals surface area contributed by atoms with Gasteiger partial charge in [-0.2, -0.15) is 0 Å². The van der Waals surface area contributed by atoms with E-state index in [0.29, 0.717) is 6.04 Å². The van der Waals surface area contributed by atoms with Crippen LogP contribution in [0.2, 0.25) is 0 Å². The van der Waals surface area contributed by atoms with Crippen LogP contribution in [-0.4, -0.2) is 43.2 Å². The molecule has 0 aromatic heterocycles. The Labute approximate surface area is 130 Å². The molecule has 1 aliphatic heterocycles. The van der Waals surface area contributed by atoms with Gasteiger partial charge in [-0.05, 0) is 52.0 Å². The molecule has 0 saturated carbocycles. The second-order valence-electron chi connectivity index (χ2n) is 6.23. The van der Waals surface area contributed by atoms with Crippen molar-refractivity contribution in [1.29, 1.82) is 0 Å². The van der Waals surface area contributed by atoms with E-state index in [1.165, 1.54) is 5.69 Å². The summed E-state index contributed by atoms with van der Waals surface area (Å²) in [5, 5.41) is 0. The minimum absolute atomic E-state index is 0.164. The van der Waals surface area contributed by atoms with Crippen LogP contribution in [-0.2, 0) is 0 Å². The Hall–Kier alpha value is -1.22. The number of nitrogens with zero attached hydrogens (tertiary/aromatic N) is 2. The zero-order valence-electron chi connectivity index (χ0n) is 14.8. The standard InChI is InChI=1S/C16H26N2O.C2H6/c1-13(2)17-10-11-18(16(3,4)12-17)14-6-8-15(19-5)9-7-14;1-2/h6-9,13H,10-12H2,1-5H3;1-2H3. The molecule has 1 heterocycles. The first-order chi connectivity index (χ1) is 9.94. The number of hydrogen-bond acceptors (Lipinski definition) is 3. The van der Waals surface area contributed by atoms with Gasteiger partial charge in [0.1, 0.15) is 5.75 Å². The molecule has 2 rings (SSSR count). The molecule has 0 amide bonds. The highest BCUT2D eigenvalue weighted by Crippen LogP contribution is 2.29. The average molecular weight is 292 g/mol. The first kappa shape index (κ1) is 17.8. The molecular formula is C18H32N2O. The van der Waals surface area contributed by atoms with Gasteiger partial charge in [0.2, 0.25) is 0 Å². The molecule has 0 unspecified atom stereocenters. The molecule has 1 aromatic rings. The summed E-state index contributed by atoms with van der Waals surface area (Å²) in [6, 6.07) is 9.02. The van der Waals surface area contributed by atoms with Crippen LogP contribution in [0.1, 0.15) is 41.5 Å². The van der Waals surface area contributed by atoms with Crippen LogP contribution in [0, 0.1) is 0 Å². The van der Waals surface area contributed by atoms with Crippen molar-refractivity contribution in [2.75, 3.05) is 31.6 Å². The van der Waals surface area contributed by atoms with Crippen LogP contribution in [0.15, 0.2) is 24.3 Å². The number of rotatable bonds is 3. The van der Waals surface area contributed by atoms with Gasteiger partial charge in [0.15, 0.2) is 0 Å². The maximum atomic E-state index is 5.23. The van der Waals surface area contributed by atoms with E-state index in [4.69, 9.17) is 4.74 Å². The van der Waals surface area contributed by atoms with Gasteiger partial charge in [0.05, 0.1) is 7.11 Å². The molecule has 0 bridgehead atoms. The molecule has 0 radical (unpaired) electrons. The predicted molar refractivity (Wildman–Crippen MR) is 92.5 cm³/mol. The summed E-state index contributed by atoms with van der Waals surface area (Å²) in [6.45, 7) is 16.5. The number of hydrogen-bond donors (Lipinski definition) is 0. The first-order valence-corrected chi connectivity index (χ1v) is 8.10. The van der Waals surface area contributed by atoms with Gasteiger partial charge in [0, 0.05) is 36.9 Å². The normalized spacial score (nSPS) is 18.2. The van der Waals surface area contributed by atoms with E-state index in [1.54, 1.807) is 7.11 Å². The first-order valence-electron chi connectivity index (χ1n) is 8.10. The molecule has 3 nitrogen and oxygen atoms in total. The molecule has 1 saturated heterocycles. The topological polar surface area (TPSA) is 15.7 Å². The van der Waals surface area contributed by atoms with E-state index in [1.807, 2.05) is 26.0 Å². The second-order valence-corrected chi connectivity index (χ2v) is 6.23. The van der Waals surface area contributed by atoms with Gasteiger partial charge in [-0.15, -0.1) is 0 Å². The molecule has 0 N–H and O–H groups in total. The van der Waals surface area contributed by atoms with Crippen LogP contribution >= 0.6 is 0 Å². The van der Waals surface area contributed by atoms with Crippen molar-refractivity contribution in [2.24, 2.45) is 0 Å². The third-order valence-corrected chi connectivity index (χ3v) is 4.05. The average Bonchev–Trinajstić information content (AvgIpc) is 2.48. The molecule has 1 fully saturated rings. The summed E-state index contributed by atoms with van der Waals surface area (Å²) in [6.07, 6.45) is 0. The lowest BCUT2D eigenvalue weighted by Gasteiger charge is -2.49. The lowest BCUT2D eigenvalue weighted by Crippen LogP contribution is -2.60. The van der Waals surface area contributed by atoms with Crippen molar-refractivity contribution in [3.8, 4) is 5.75 Å². The Kier molecular flexibility index (Phi) is 6.53. The van der Waals surface area contributed by atoms with Crippen molar-refractivity contribution in [2.45, 2.75) is 53.1 Å². The van der Waals surface area contributed by atoms with Crippen LogP contribution in [0.5, 0.6) is 5.75 Å². The smallest absolute Gasteiger partial charge is 0.119 e. The number of anilines is 1. The fourth-order valence-corrected chi connectivity index (χ4v) is 2.87. The van der Waals surface area contributed by atoms with E-state index in [9.17, 15) is 0 Å². The SMILES string of the molecule is CC.COc1ccc(N2CCN(C(C)C)CC2(C)C)cc1. The van der Waals surface area contributed by atoms with Crippen molar-refractivity contribution in [3.05, 3.63) is 24.3 Å². The third-order valence-electron chi connectivity index (χ3n) is 4.05. The van der Waals surface area contributed by atoms with Crippen molar-refractivity contribution < 1.29 is 4.74 Å². The number of methoxy groups -OCH3 is 1. The fourth-order valence-electron chi connectivity index (χ4n) is 2.87. The Morgan fingerprint density at radius 3 is 2.05 bits per heavy atom. The summed E-state index contributed by atoms with van der Waals surface area (Å²) in [4.78, 5) is 5.06. The van der Waals surface area contributed by atoms with Gasteiger partial charge in [-0.3, -0.25) is 4.90 Å². The Morgan fingerprint density at radius 1 is 1.05 bits per heavy atom. The fraction of sp³-hybridized carbons (Fsp3) is 0.667. The van der Waals surface area contributed by atoms with E-state index in [2.05, 4.69) is 49.6 Å². The lowest BCUT2D eigenvalue weighted by atomic mass is 9.96. The summed E-state index contributed by atoms with van der Waals surface area (Å²) in [5.41, 5.74) is 1.45. The Morgan fingerprint density at radius 2 is 1.62 bits per heavy atom. The molecule has 1 aromatic carbocycles. The summed E-state index contributed by atoms with van der Waals surface area (Å²) in [7, 11) is 1.71. The third kappa shape index (κ3) is 4.37. The van der Waals surface area contributed by atoms with E-state index in [0.717, 1.165) is 25.4 Å². The highest BCUT2D eigenvalue weighted by atomic mass is 16.5. The second kappa shape index (κ2) is 7.69. The minimum atomic E-state index is 0.164. The highest BCUT2D eigenvalue weighted by molar-refractivity contribution is 5.51. The molecule has 0 aliphatic carbocycles. The molecule has 0 atom stereocenters. The van der Waals surface area contributed by atoms with Gasteiger partial charge in [-0.25, -0.2) is 0 Å². The highest BCUT2D eigenvalue weighted by Gasteiger charge is 2.34. The van der Waals surface area contributed by atoms with Crippen molar-refractivity contribution >= 4 is 5.69 Å². The largest absolute Gasteiger partial charge is 0.497 e. The Bertz CT molecular complexity index is 412. The Balaban J connectivity index is 0.00000106. The number of ether oxygens (including phenoxy) is 1. The van der Waals surface area contributed by atoms with Gasteiger partial charge in [0.25, 0.3) is 0 Å². The molecule has 3 heteroatoms. The van der Waals surface area contributed by atoms with E-state index < -0.39 is 0 Å². The number of piperazine rings is 1.